The molecule has 1 amide bonds. The molecule has 2 aromatic carbocycles. The largest absolute Gasteiger partial charge is 0.497 e. The predicted octanol–water partition coefficient (Wildman–Crippen LogP) is 3.03. The van der Waals surface area contributed by atoms with Gasteiger partial charge in [0.05, 0.1) is 13.2 Å². The van der Waals surface area contributed by atoms with E-state index in [1.54, 1.807) is 14.2 Å². The van der Waals surface area contributed by atoms with Crippen LogP contribution in [-0.4, -0.2) is 30.4 Å². The van der Waals surface area contributed by atoms with Gasteiger partial charge in [-0.3, -0.25) is 4.79 Å². The molecule has 2 rings (SSSR count). The summed E-state index contributed by atoms with van der Waals surface area (Å²) < 4.78 is 5.15. The van der Waals surface area contributed by atoms with Crippen LogP contribution >= 0.6 is 11.8 Å². The highest BCUT2D eigenvalue weighted by Gasteiger charge is 2.24. The standard InChI is InChI=1S/C18H21NO3S/c1-19-17(20)12-16(18(21)13-6-4-3-5-7-13)23-15-10-8-14(22-2)9-11-15/h3-11,16,18,21H,12H2,1-2H3,(H,19,20). The van der Waals surface area contributed by atoms with Crippen molar-refractivity contribution in [3.63, 3.8) is 0 Å². The normalized spacial score (nSPS) is 13.2. The van der Waals surface area contributed by atoms with Crippen LogP contribution in [0.3, 0.4) is 0 Å². The Bertz CT molecular complexity index is 616. The van der Waals surface area contributed by atoms with E-state index in [0.29, 0.717) is 0 Å². The zero-order chi connectivity index (χ0) is 16.7. The van der Waals surface area contributed by atoms with E-state index in [0.717, 1.165) is 16.2 Å². The van der Waals surface area contributed by atoms with Crippen molar-refractivity contribution in [3.05, 3.63) is 60.2 Å². The summed E-state index contributed by atoms with van der Waals surface area (Å²) in [5, 5.41) is 13.0. The van der Waals surface area contributed by atoms with Gasteiger partial charge in [0.1, 0.15) is 5.75 Å². The van der Waals surface area contributed by atoms with Gasteiger partial charge in [0.25, 0.3) is 0 Å². The molecule has 0 aliphatic carbocycles. The van der Waals surface area contributed by atoms with Crippen LogP contribution in [0.25, 0.3) is 0 Å². The lowest BCUT2D eigenvalue weighted by molar-refractivity contribution is -0.121. The second kappa shape index (κ2) is 8.60. The van der Waals surface area contributed by atoms with Gasteiger partial charge in [0, 0.05) is 23.6 Å². The summed E-state index contributed by atoms with van der Waals surface area (Å²) in [6, 6.07) is 17.0. The Hall–Kier alpha value is -1.98. The summed E-state index contributed by atoms with van der Waals surface area (Å²) in [4.78, 5) is 12.8. The minimum Gasteiger partial charge on any atom is -0.497 e. The number of benzene rings is 2. The van der Waals surface area contributed by atoms with Crippen LogP contribution in [0.4, 0.5) is 0 Å². The number of amides is 1. The highest BCUT2D eigenvalue weighted by Crippen LogP contribution is 2.35. The number of ether oxygens (including phenoxy) is 1. The van der Waals surface area contributed by atoms with Crippen LogP contribution < -0.4 is 10.1 Å². The second-order valence-corrected chi connectivity index (χ2v) is 6.38. The van der Waals surface area contributed by atoms with Crippen molar-refractivity contribution in [2.45, 2.75) is 22.7 Å². The molecule has 23 heavy (non-hydrogen) atoms. The first kappa shape index (κ1) is 17.4. The van der Waals surface area contributed by atoms with Crippen molar-refractivity contribution < 1.29 is 14.6 Å². The lowest BCUT2D eigenvalue weighted by Gasteiger charge is -2.22. The highest BCUT2D eigenvalue weighted by molar-refractivity contribution is 8.00. The van der Waals surface area contributed by atoms with Gasteiger partial charge in [0.15, 0.2) is 0 Å². The van der Waals surface area contributed by atoms with Gasteiger partial charge < -0.3 is 15.2 Å². The van der Waals surface area contributed by atoms with Crippen LogP contribution in [-0.2, 0) is 4.79 Å². The molecule has 0 radical (unpaired) electrons. The number of nitrogens with one attached hydrogen (secondary N) is 1. The molecule has 2 unspecified atom stereocenters. The molecule has 0 saturated heterocycles. The molecule has 4 nitrogen and oxygen atoms in total. The lowest BCUT2D eigenvalue weighted by Crippen LogP contribution is -2.26. The van der Waals surface area contributed by atoms with Gasteiger partial charge >= 0.3 is 0 Å². The fourth-order valence-electron chi connectivity index (χ4n) is 2.20. The Morgan fingerprint density at radius 3 is 2.39 bits per heavy atom. The average molecular weight is 331 g/mol. The average Bonchev–Trinajstić information content (AvgIpc) is 2.61. The van der Waals surface area contributed by atoms with E-state index in [4.69, 9.17) is 4.74 Å². The second-order valence-electron chi connectivity index (χ2n) is 5.06. The first-order valence-electron chi connectivity index (χ1n) is 7.38. The first-order chi connectivity index (χ1) is 11.1. The summed E-state index contributed by atoms with van der Waals surface area (Å²) in [6.07, 6.45) is -0.482. The maximum Gasteiger partial charge on any atom is 0.220 e. The van der Waals surface area contributed by atoms with Crippen LogP contribution in [0.2, 0.25) is 0 Å². The Morgan fingerprint density at radius 2 is 1.83 bits per heavy atom. The molecule has 0 aromatic heterocycles. The molecule has 0 saturated carbocycles. The number of aliphatic hydroxyl groups excluding tert-OH is 1. The fraction of sp³-hybridized carbons (Fsp3) is 0.278. The van der Waals surface area contributed by atoms with Crippen LogP contribution in [0.1, 0.15) is 18.1 Å². The first-order valence-corrected chi connectivity index (χ1v) is 8.26. The summed E-state index contributed by atoms with van der Waals surface area (Å²) in [5.74, 6) is 0.687. The number of carbonyl (C=O) groups is 1. The molecule has 0 spiro atoms. The molecule has 0 bridgehead atoms. The van der Waals surface area contributed by atoms with E-state index in [-0.39, 0.29) is 17.6 Å². The molecule has 0 aliphatic heterocycles. The third kappa shape index (κ3) is 5.01. The molecule has 0 heterocycles. The SMILES string of the molecule is CNC(=O)CC(Sc1ccc(OC)cc1)C(O)c1ccccc1. The maximum absolute atomic E-state index is 11.8. The van der Waals surface area contributed by atoms with Gasteiger partial charge in [-0.1, -0.05) is 30.3 Å². The fourth-order valence-corrected chi connectivity index (χ4v) is 3.36. The van der Waals surface area contributed by atoms with Crippen molar-refractivity contribution in [2.24, 2.45) is 0 Å². The number of rotatable bonds is 7. The van der Waals surface area contributed by atoms with E-state index in [1.807, 2.05) is 54.6 Å². The van der Waals surface area contributed by atoms with Crippen LogP contribution in [0.15, 0.2) is 59.5 Å². The van der Waals surface area contributed by atoms with E-state index in [9.17, 15) is 9.90 Å². The number of aliphatic hydroxyl groups is 1. The molecule has 5 heteroatoms. The van der Waals surface area contributed by atoms with Gasteiger partial charge in [-0.25, -0.2) is 0 Å². The summed E-state index contributed by atoms with van der Waals surface area (Å²) in [7, 11) is 3.22. The number of methoxy groups -OCH3 is 1. The number of hydrogen-bond donors (Lipinski definition) is 2. The lowest BCUT2D eigenvalue weighted by atomic mass is 10.0. The Balaban J connectivity index is 2.17. The van der Waals surface area contributed by atoms with Crippen molar-refractivity contribution in [3.8, 4) is 5.75 Å². The van der Waals surface area contributed by atoms with Crippen LogP contribution in [0, 0.1) is 0 Å². The summed E-state index contributed by atoms with van der Waals surface area (Å²) in [6.45, 7) is 0. The molecule has 2 atom stereocenters. The minimum atomic E-state index is -0.722. The van der Waals surface area contributed by atoms with Gasteiger partial charge in [-0.15, -0.1) is 11.8 Å². The zero-order valence-corrected chi connectivity index (χ0v) is 14.0. The molecule has 0 fully saturated rings. The summed E-state index contributed by atoms with van der Waals surface area (Å²) in [5.41, 5.74) is 0.808. The van der Waals surface area contributed by atoms with Crippen LogP contribution in [0.5, 0.6) is 5.75 Å². The van der Waals surface area contributed by atoms with Gasteiger partial charge in [-0.05, 0) is 29.8 Å². The molecule has 2 aromatic rings. The van der Waals surface area contributed by atoms with E-state index in [2.05, 4.69) is 5.32 Å². The Labute approximate surface area is 140 Å². The predicted molar refractivity (Wildman–Crippen MR) is 92.7 cm³/mol. The molecule has 122 valence electrons. The monoisotopic (exact) mass is 331 g/mol. The maximum atomic E-state index is 11.8. The third-order valence-electron chi connectivity index (χ3n) is 3.51. The Morgan fingerprint density at radius 1 is 1.17 bits per heavy atom. The minimum absolute atomic E-state index is 0.0917. The van der Waals surface area contributed by atoms with Crippen molar-refractivity contribution in [2.75, 3.05) is 14.2 Å². The number of thioether (sulfide) groups is 1. The topological polar surface area (TPSA) is 58.6 Å². The molecule has 2 N–H and O–H groups in total. The van der Waals surface area contributed by atoms with Crippen molar-refractivity contribution in [1.82, 2.24) is 5.32 Å². The van der Waals surface area contributed by atoms with Crippen molar-refractivity contribution >= 4 is 17.7 Å². The summed E-state index contributed by atoms with van der Waals surface area (Å²) >= 11 is 1.49. The smallest absolute Gasteiger partial charge is 0.220 e. The van der Waals surface area contributed by atoms with E-state index >= 15 is 0 Å². The molecule has 0 aliphatic rings. The van der Waals surface area contributed by atoms with Gasteiger partial charge in [-0.2, -0.15) is 0 Å². The molecular formula is C18H21NO3S. The zero-order valence-electron chi connectivity index (χ0n) is 13.2. The Kier molecular flexibility index (Phi) is 6.50. The highest BCUT2D eigenvalue weighted by atomic mass is 32.2. The van der Waals surface area contributed by atoms with E-state index in [1.165, 1.54) is 11.8 Å². The van der Waals surface area contributed by atoms with Crippen molar-refractivity contribution in [1.29, 1.82) is 0 Å². The third-order valence-corrected chi connectivity index (χ3v) is 4.78. The van der Waals surface area contributed by atoms with Gasteiger partial charge in [0.2, 0.25) is 5.91 Å². The molecular weight excluding hydrogens is 310 g/mol. The van der Waals surface area contributed by atoms with E-state index < -0.39 is 6.10 Å². The number of carbonyl (C=O) groups excluding carboxylic acids is 1. The quantitative estimate of drug-likeness (QED) is 0.766. The number of hydrogen-bond acceptors (Lipinski definition) is 4.